The highest BCUT2D eigenvalue weighted by atomic mass is 16.5. The van der Waals surface area contributed by atoms with Gasteiger partial charge in [-0.2, -0.15) is 0 Å². The van der Waals surface area contributed by atoms with Crippen molar-refractivity contribution in [3.63, 3.8) is 0 Å². The normalized spacial score (nSPS) is 10.6. The fourth-order valence-electron chi connectivity index (χ4n) is 2.67. The number of amides is 1. The molecule has 6 heteroatoms. The third-order valence-corrected chi connectivity index (χ3v) is 4.18. The molecule has 1 amide bonds. The number of benzene rings is 2. The summed E-state index contributed by atoms with van der Waals surface area (Å²) in [5.74, 6) is 0.497. The number of esters is 1. The Kier molecular flexibility index (Phi) is 9.45. The molecule has 160 valence electrons. The molecule has 1 N–H and O–H groups in total. The number of hydrogen-bond donors (Lipinski definition) is 1. The molecule has 2 aromatic carbocycles. The maximum Gasteiger partial charge on any atom is 0.331 e. The number of aryl methyl sites for hydroxylation is 1. The van der Waals surface area contributed by atoms with Crippen LogP contribution < -0.4 is 14.8 Å². The van der Waals surface area contributed by atoms with Crippen LogP contribution >= 0.6 is 0 Å². The molecule has 0 unspecified atom stereocenters. The van der Waals surface area contributed by atoms with Gasteiger partial charge in [-0.1, -0.05) is 35.9 Å². The molecule has 6 nitrogen and oxygen atoms in total. The minimum atomic E-state index is -0.557. The number of nitrogens with one attached hydrogen (secondary N) is 1. The van der Waals surface area contributed by atoms with E-state index in [1.807, 2.05) is 63.2 Å². The molecule has 0 radical (unpaired) electrons. The molecule has 0 aliphatic rings. The SMILES string of the molecule is CCOc1ccc(CCNC(=O)COC(=O)/C=C/c2ccc(C)cc2)cc1OCC. The second-order valence-electron chi connectivity index (χ2n) is 6.60. The molecular weight excluding hydrogens is 382 g/mol. The van der Waals surface area contributed by atoms with Crippen LogP contribution in [0.25, 0.3) is 6.08 Å². The van der Waals surface area contributed by atoms with E-state index in [4.69, 9.17) is 14.2 Å². The second kappa shape index (κ2) is 12.3. The van der Waals surface area contributed by atoms with Crippen LogP contribution in [0.3, 0.4) is 0 Å². The number of carbonyl (C=O) groups excluding carboxylic acids is 2. The summed E-state index contributed by atoms with van der Waals surface area (Å²) < 4.78 is 16.1. The van der Waals surface area contributed by atoms with E-state index in [-0.39, 0.29) is 12.5 Å². The first-order valence-corrected chi connectivity index (χ1v) is 10.1. The zero-order valence-corrected chi connectivity index (χ0v) is 17.8. The van der Waals surface area contributed by atoms with E-state index in [9.17, 15) is 9.59 Å². The predicted octanol–water partition coefficient (Wildman–Crippen LogP) is 3.71. The summed E-state index contributed by atoms with van der Waals surface area (Å²) in [6.07, 6.45) is 3.59. The highest BCUT2D eigenvalue weighted by molar-refractivity contribution is 5.89. The van der Waals surface area contributed by atoms with Crippen molar-refractivity contribution < 1.29 is 23.8 Å². The van der Waals surface area contributed by atoms with Crippen molar-refractivity contribution in [1.29, 1.82) is 0 Å². The van der Waals surface area contributed by atoms with E-state index in [0.717, 1.165) is 16.7 Å². The highest BCUT2D eigenvalue weighted by Crippen LogP contribution is 2.28. The molecule has 0 spiro atoms. The molecule has 0 aliphatic heterocycles. The standard InChI is InChI=1S/C24H29NO5/c1-4-28-21-12-10-20(16-22(21)29-5-2)14-15-25-23(26)17-30-24(27)13-11-19-8-6-18(3)7-9-19/h6-13,16H,4-5,14-15,17H2,1-3H3,(H,25,26)/b13-11+. The van der Waals surface area contributed by atoms with E-state index in [1.54, 1.807) is 6.08 Å². The van der Waals surface area contributed by atoms with Gasteiger partial charge in [0.2, 0.25) is 0 Å². The highest BCUT2D eigenvalue weighted by Gasteiger charge is 2.08. The van der Waals surface area contributed by atoms with Gasteiger partial charge in [-0.3, -0.25) is 4.79 Å². The lowest BCUT2D eigenvalue weighted by Gasteiger charge is -2.12. The Labute approximate surface area is 177 Å². The average molecular weight is 411 g/mol. The number of rotatable bonds is 11. The lowest BCUT2D eigenvalue weighted by molar-refractivity contribution is -0.143. The smallest absolute Gasteiger partial charge is 0.331 e. The molecule has 0 saturated carbocycles. The van der Waals surface area contributed by atoms with E-state index < -0.39 is 5.97 Å². The van der Waals surface area contributed by atoms with Gasteiger partial charge in [0.1, 0.15) is 0 Å². The topological polar surface area (TPSA) is 73.9 Å². The third kappa shape index (κ3) is 7.99. The Hall–Kier alpha value is -3.28. The summed E-state index contributed by atoms with van der Waals surface area (Å²) in [6.45, 7) is 7.05. The van der Waals surface area contributed by atoms with Gasteiger partial charge < -0.3 is 19.5 Å². The van der Waals surface area contributed by atoms with E-state index in [2.05, 4.69) is 5.32 Å². The van der Waals surface area contributed by atoms with Crippen molar-refractivity contribution in [3.8, 4) is 11.5 Å². The van der Waals surface area contributed by atoms with Gasteiger partial charge in [0, 0.05) is 12.6 Å². The predicted molar refractivity (Wildman–Crippen MR) is 117 cm³/mol. The van der Waals surface area contributed by atoms with Crippen molar-refractivity contribution in [1.82, 2.24) is 5.32 Å². The van der Waals surface area contributed by atoms with Crippen LogP contribution in [0.2, 0.25) is 0 Å². The Morgan fingerprint density at radius 1 is 0.967 bits per heavy atom. The first-order valence-electron chi connectivity index (χ1n) is 10.1. The largest absolute Gasteiger partial charge is 0.490 e. The van der Waals surface area contributed by atoms with E-state index in [0.29, 0.717) is 37.7 Å². The first-order chi connectivity index (χ1) is 14.5. The molecule has 0 bridgehead atoms. The first kappa shape index (κ1) is 23.0. The summed E-state index contributed by atoms with van der Waals surface area (Å²) in [5, 5.41) is 2.75. The van der Waals surface area contributed by atoms with E-state index >= 15 is 0 Å². The molecule has 2 rings (SSSR count). The lowest BCUT2D eigenvalue weighted by atomic mass is 10.1. The Morgan fingerprint density at radius 3 is 2.37 bits per heavy atom. The van der Waals surface area contributed by atoms with Crippen molar-refractivity contribution in [2.24, 2.45) is 0 Å². The second-order valence-corrected chi connectivity index (χ2v) is 6.60. The molecule has 0 saturated heterocycles. The third-order valence-electron chi connectivity index (χ3n) is 4.18. The summed E-state index contributed by atoms with van der Waals surface area (Å²) in [7, 11) is 0. The number of ether oxygens (including phenoxy) is 3. The van der Waals surface area contributed by atoms with Crippen molar-refractivity contribution in [3.05, 3.63) is 65.2 Å². The molecule has 0 atom stereocenters. The van der Waals surface area contributed by atoms with Crippen LogP contribution in [0.1, 0.15) is 30.5 Å². The molecule has 0 aromatic heterocycles. The van der Waals surface area contributed by atoms with Crippen LogP contribution in [0, 0.1) is 6.92 Å². The maximum atomic E-state index is 11.9. The fourth-order valence-corrected chi connectivity index (χ4v) is 2.67. The minimum Gasteiger partial charge on any atom is -0.490 e. The zero-order valence-electron chi connectivity index (χ0n) is 17.8. The van der Waals surface area contributed by atoms with Crippen molar-refractivity contribution in [2.45, 2.75) is 27.2 Å². The van der Waals surface area contributed by atoms with Gasteiger partial charge in [-0.25, -0.2) is 4.79 Å². The molecular formula is C24H29NO5. The summed E-state index contributed by atoms with van der Waals surface area (Å²) in [4.78, 5) is 23.7. The molecule has 0 heterocycles. The molecule has 0 fully saturated rings. The molecule has 2 aromatic rings. The van der Waals surface area contributed by atoms with Gasteiger partial charge in [0.15, 0.2) is 18.1 Å². The van der Waals surface area contributed by atoms with Crippen LogP contribution in [0.4, 0.5) is 0 Å². The van der Waals surface area contributed by atoms with Crippen LogP contribution in [-0.2, 0) is 20.7 Å². The Morgan fingerprint density at radius 2 is 1.67 bits per heavy atom. The maximum absolute atomic E-state index is 11.9. The zero-order chi connectivity index (χ0) is 21.8. The summed E-state index contributed by atoms with van der Waals surface area (Å²) in [6, 6.07) is 13.5. The molecule has 30 heavy (non-hydrogen) atoms. The Bertz CT molecular complexity index is 858. The van der Waals surface area contributed by atoms with Crippen molar-refractivity contribution in [2.75, 3.05) is 26.4 Å². The van der Waals surface area contributed by atoms with Gasteiger partial charge >= 0.3 is 5.97 Å². The summed E-state index contributed by atoms with van der Waals surface area (Å²) in [5.41, 5.74) is 3.05. The molecule has 0 aliphatic carbocycles. The number of carbonyl (C=O) groups is 2. The van der Waals surface area contributed by atoms with Crippen LogP contribution in [0.15, 0.2) is 48.5 Å². The quantitative estimate of drug-likeness (QED) is 0.451. The fraction of sp³-hybridized carbons (Fsp3) is 0.333. The van der Waals surface area contributed by atoms with Crippen LogP contribution in [0.5, 0.6) is 11.5 Å². The minimum absolute atomic E-state index is 0.315. The summed E-state index contributed by atoms with van der Waals surface area (Å²) >= 11 is 0. The number of hydrogen-bond acceptors (Lipinski definition) is 5. The van der Waals surface area contributed by atoms with Gasteiger partial charge in [0.25, 0.3) is 5.91 Å². The average Bonchev–Trinajstić information content (AvgIpc) is 2.74. The van der Waals surface area contributed by atoms with Gasteiger partial charge in [-0.15, -0.1) is 0 Å². The van der Waals surface area contributed by atoms with E-state index in [1.165, 1.54) is 6.08 Å². The van der Waals surface area contributed by atoms with Gasteiger partial charge in [0.05, 0.1) is 13.2 Å². The van der Waals surface area contributed by atoms with Crippen molar-refractivity contribution >= 4 is 18.0 Å². The monoisotopic (exact) mass is 411 g/mol. The van der Waals surface area contributed by atoms with Crippen LogP contribution in [-0.4, -0.2) is 38.2 Å². The lowest BCUT2D eigenvalue weighted by Crippen LogP contribution is -2.30. The Balaban J connectivity index is 1.73. The van der Waals surface area contributed by atoms with Gasteiger partial charge in [-0.05, 0) is 56.5 Å².